The van der Waals surface area contributed by atoms with E-state index in [-0.39, 0.29) is 11.8 Å². The molecule has 0 saturated heterocycles. The molecular weight excluding hydrogens is 470 g/mol. The summed E-state index contributed by atoms with van der Waals surface area (Å²) in [6.07, 6.45) is 3.58. The third-order valence-corrected chi connectivity index (χ3v) is 8.01. The molecule has 2 N–H and O–H groups in total. The number of methoxy groups -OCH3 is 2. The number of H-pyrrole nitrogens is 1. The Kier molecular flexibility index (Phi) is 7.24. The number of rotatable bonds is 4. The first-order valence-corrected chi connectivity index (χ1v) is 12.8. The number of aliphatic hydroxyl groups excluding tert-OH is 1. The van der Waals surface area contributed by atoms with Gasteiger partial charge in [0.2, 0.25) is 0 Å². The monoisotopic (exact) mass is 503 g/mol. The Morgan fingerprint density at radius 2 is 1.86 bits per heavy atom. The van der Waals surface area contributed by atoms with E-state index in [0.717, 1.165) is 34.3 Å². The van der Waals surface area contributed by atoms with Crippen LogP contribution in [0.4, 0.5) is 0 Å². The van der Waals surface area contributed by atoms with Crippen molar-refractivity contribution in [3.05, 3.63) is 59.8 Å². The van der Waals surface area contributed by atoms with Gasteiger partial charge in [0.15, 0.2) is 6.19 Å². The summed E-state index contributed by atoms with van der Waals surface area (Å²) in [6.45, 7) is 1.10. The SMILES string of the molecule is COC(=O)[C@@H]1C2C[C@@H](Oc3ccc(OC)cc3)c3[nH]c4ccccc4c3CCN(C#N)C[C@@H]2CC[C@@H]1O. The predicted molar refractivity (Wildman–Crippen MR) is 138 cm³/mol. The highest BCUT2D eigenvalue weighted by atomic mass is 16.5. The standard InChI is InChI=1S/C29H33N3O5/c1-35-19-8-10-20(11-9-19)37-26-15-23-18(7-12-25(33)27(23)29(34)36-2)16-32(17-30)14-13-22-21-5-3-4-6-24(21)31-28(22)26/h3-6,8-11,18,23,25-27,31,33H,7,12-16H2,1-2H3/t18-,23?,25-,26+,27+/m0/s1. The van der Waals surface area contributed by atoms with Gasteiger partial charge < -0.3 is 29.2 Å². The van der Waals surface area contributed by atoms with Crippen molar-refractivity contribution in [2.75, 3.05) is 27.3 Å². The zero-order valence-corrected chi connectivity index (χ0v) is 21.2. The van der Waals surface area contributed by atoms with Gasteiger partial charge in [-0.3, -0.25) is 4.79 Å². The van der Waals surface area contributed by atoms with Crippen molar-refractivity contribution in [2.45, 2.75) is 37.9 Å². The number of ether oxygens (including phenoxy) is 3. The molecule has 8 heteroatoms. The van der Waals surface area contributed by atoms with E-state index in [2.05, 4.69) is 17.2 Å². The van der Waals surface area contributed by atoms with Crippen LogP contribution in [0, 0.1) is 29.2 Å². The Balaban J connectivity index is 1.62. The Bertz CT molecular complexity index is 1280. The maximum Gasteiger partial charge on any atom is 0.311 e. The number of hydrogen-bond donors (Lipinski definition) is 2. The number of nitriles is 1. The lowest BCUT2D eigenvalue weighted by atomic mass is 9.67. The number of aliphatic hydroxyl groups is 1. The number of carbonyl (C=O) groups excluding carboxylic acids is 1. The summed E-state index contributed by atoms with van der Waals surface area (Å²) >= 11 is 0. The fourth-order valence-corrected chi connectivity index (χ4v) is 6.16. The third-order valence-electron chi connectivity index (χ3n) is 8.01. The Morgan fingerprint density at radius 3 is 2.59 bits per heavy atom. The minimum atomic E-state index is -0.795. The quantitative estimate of drug-likeness (QED) is 0.406. The normalized spacial score (nSPS) is 25.9. The fourth-order valence-electron chi connectivity index (χ4n) is 6.16. The molecule has 0 spiro atoms. The van der Waals surface area contributed by atoms with Crippen LogP contribution in [0.1, 0.15) is 36.6 Å². The highest BCUT2D eigenvalue weighted by Crippen LogP contribution is 2.44. The summed E-state index contributed by atoms with van der Waals surface area (Å²) in [5, 5.41) is 21.9. The number of esters is 1. The van der Waals surface area contributed by atoms with Crippen molar-refractivity contribution in [1.29, 1.82) is 5.26 Å². The summed E-state index contributed by atoms with van der Waals surface area (Å²) in [5.41, 5.74) is 3.06. The van der Waals surface area contributed by atoms with Crippen LogP contribution in [0.2, 0.25) is 0 Å². The third kappa shape index (κ3) is 4.96. The highest BCUT2D eigenvalue weighted by Gasteiger charge is 2.46. The van der Waals surface area contributed by atoms with Gasteiger partial charge in [-0.25, -0.2) is 0 Å². The molecule has 1 aliphatic heterocycles. The number of benzene rings is 2. The summed E-state index contributed by atoms with van der Waals surface area (Å²) in [5.74, 6) is 0.144. The van der Waals surface area contributed by atoms with E-state index < -0.39 is 24.1 Å². The molecule has 0 radical (unpaired) electrons. The van der Waals surface area contributed by atoms with E-state index in [9.17, 15) is 15.2 Å². The van der Waals surface area contributed by atoms with Crippen molar-refractivity contribution in [1.82, 2.24) is 9.88 Å². The van der Waals surface area contributed by atoms with Crippen molar-refractivity contribution >= 4 is 16.9 Å². The van der Waals surface area contributed by atoms with E-state index in [1.807, 2.05) is 42.5 Å². The molecule has 0 amide bonds. The molecule has 194 valence electrons. The van der Waals surface area contributed by atoms with Crippen LogP contribution in [-0.2, 0) is 16.0 Å². The second-order valence-corrected chi connectivity index (χ2v) is 9.99. The summed E-state index contributed by atoms with van der Waals surface area (Å²) in [4.78, 5) is 18.3. The largest absolute Gasteiger partial charge is 0.497 e. The average molecular weight is 504 g/mol. The lowest BCUT2D eigenvalue weighted by Crippen LogP contribution is -2.47. The van der Waals surface area contributed by atoms with Crippen LogP contribution >= 0.6 is 0 Å². The van der Waals surface area contributed by atoms with Gasteiger partial charge in [0.05, 0.1) is 31.9 Å². The number of nitrogens with one attached hydrogen (secondary N) is 1. The number of aromatic nitrogens is 1. The Labute approximate surface area is 216 Å². The summed E-state index contributed by atoms with van der Waals surface area (Å²) in [7, 11) is 2.99. The maximum atomic E-state index is 12.9. The number of nitrogens with zero attached hydrogens (tertiary/aromatic N) is 2. The molecule has 1 saturated carbocycles. The number of para-hydroxylation sites is 1. The van der Waals surface area contributed by atoms with Crippen molar-refractivity contribution in [2.24, 2.45) is 17.8 Å². The van der Waals surface area contributed by atoms with Gasteiger partial charge in [-0.15, -0.1) is 0 Å². The van der Waals surface area contributed by atoms with Crippen molar-refractivity contribution in [3.63, 3.8) is 0 Å². The first-order valence-electron chi connectivity index (χ1n) is 12.8. The zero-order valence-electron chi connectivity index (χ0n) is 21.2. The molecule has 5 atom stereocenters. The van der Waals surface area contributed by atoms with E-state index in [1.165, 1.54) is 7.11 Å². The molecule has 37 heavy (non-hydrogen) atoms. The number of carbonyl (C=O) groups is 1. The number of hydrogen-bond acceptors (Lipinski definition) is 7. The molecule has 1 aliphatic carbocycles. The van der Waals surface area contributed by atoms with Crippen molar-refractivity contribution < 1.29 is 24.1 Å². The minimum absolute atomic E-state index is 0.0417. The first-order chi connectivity index (χ1) is 18.0. The van der Waals surface area contributed by atoms with Crippen LogP contribution in [-0.4, -0.2) is 54.4 Å². The molecule has 1 fully saturated rings. The van der Waals surface area contributed by atoms with E-state index in [0.29, 0.717) is 38.1 Å². The molecule has 2 aromatic carbocycles. The number of aromatic amines is 1. The molecule has 5 rings (SSSR count). The molecule has 1 unspecified atom stereocenters. The fraction of sp³-hybridized carbons (Fsp3) is 0.448. The van der Waals surface area contributed by atoms with Crippen molar-refractivity contribution in [3.8, 4) is 17.7 Å². The van der Waals surface area contributed by atoms with E-state index in [4.69, 9.17) is 14.2 Å². The molecule has 2 aliphatic rings. The van der Waals surface area contributed by atoms with Gasteiger partial charge in [-0.05, 0) is 73.4 Å². The second kappa shape index (κ2) is 10.7. The van der Waals surface area contributed by atoms with Gasteiger partial charge in [0.1, 0.15) is 17.6 Å². The van der Waals surface area contributed by atoms with E-state index >= 15 is 0 Å². The van der Waals surface area contributed by atoms with Gasteiger partial charge >= 0.3 is 5.97 Å². The van der Waals surface area contributed by atoms with Gasteiger partial charge in [-0.2, -0.15) is 5.26 Å². The molecule has 2 heterocycles. The molecule has 3 aromatic rings. The Hall–Kier alpha value is -3.70. The molecule has 1 aromatic heterocycles. The summed E-state index contributed by atoms with van der Waals surface area (Å²) < 4.78 is 17.1. The van der Waals surface area contributed by atoms with Gasteiger partial charge in [0.25, 0.3) is 0 Å². The topological polar surface area (TPSA) is 108 Å². The van der Waals surface area contributed by atoms with Crippen LogP contribution in [0.3, 0.4) is 0 Å². The highest BCUT2D eigenvalue weighted by molar-refractivity contribution is 5.85. The lowest BCUT2D eigenvalue weighted by molar-refractivity contribution is -0.157. The maximum absolute atomic E-state index is 12.9. The smallest absolute Gasteiger partial charge is 0.311 e. The van der Waals surface area contributed by atoms with Crippen LogP contribution in [0.5, 0.6) is 11.5 Å². The summed E-state index contributed by atoms with van der Waals surface area (Å²) in [6, 6.07) is 15.6. The molecular formula is C29H33N3O5. The van der Waals surface area contributed by atoms with Gasteiger partial charge in [0, 0.05) is 24.0 Å². The second-order valence-electron chi connectivity index (χ2n) is 9.99. The van der Waals surface area contributed by atoms with Crippen LogP contribution in [0.15, 0.2) is 48.5 Å². The van der Waals surface area contributed by atoms with Crippen LogP contribution in [0.25, 0.3) is 10.9 Å². The first kappa shape index (κ1) is 25.0. The van der Waals surface area contributed by atoms with Crippen LogP contribution < -0.4 is 9.47 Å². The minimum Gasteiger partial charge on any atom is -0.497 e. The number of fused-ring (bicyclic) bond motifs is 4. The predicted octanol–water partition coefficient (Wildman–Crippen LogP) is 4.20. The van der Waals surface area contributed by atoms with E-state index in [1.54, 1.807) is 12.0 Å². The lowest BCUT2D eigenvalue weighted by Gasteiger charge is -2.42. The molecule has 8 nitrogen and oxygen atoms in total. The van der Waals surface area contributed by atoms with Gasteiger partial charge in [-0.1, -0.05) is 18.2 Å². The molecule has 0 bridgehead atoms. The Morgan fingerprint density at radius 1 is 1.11 bits per heavy atom. The zero-order chi connectivity index (χ0) is 25.9. The average Bonchev–Trinajstić information content (AvgIpc) is 3.30.